The Labute approximate surface area is 153 Å². The van der Waals surface area contributed by atoms with Crippen LogP contribution in [0, 0.1) is 0 Å². The summed E-state index contributed by atoms with van der Waals surface area (Å²) in [6, 6.07) is 13.9. The smallest absolute Gasteiger partial charge is 0.238 e. The van der Waals surface area contributed by atoms with E-state index in [1.54, 1.807) is 23.5 Å². The molecule has 0 aliphatic heterocycles. The zero-order valence-corrected chi connectivity index (χ0v) is 15.5. The second-order valence-electron chi connectivity index (χ2n) is 5.20. The van der Waals surface area contributed by atoms with Gasteiger partial charge in [-0.1, -0.05) is 36.0 Å². The number of primary sulfonamides is 1. The summed E-state index contributed by atoms with van der Waals surface area (Å²) in [7, 11) is -3.70. The fourth-order valence-electron chi connectivity index (χ4n) is 2.09. The number of thioether (sulfide) groups is 1. The van der Waals surface area contributed by atoms with Gasteiger partial charge in [0.15, 0.2) is 4.34 Å². The van der Waals surface area contributed by atoms with E-state index in [-0.39, 0.29) is 16.6 Å². The van der Waals surface area contributed by atoms with Crippen LogP contribution in [0.5, 0.6) is 0 Å². The lowest BCUT2D eigenvalue weighted by atomic mass is 10.2. The molecule has 0 radical (unpaired) electrons. The Morgan fingerprint density at radius 3 is 2.56 bits per heavy atom. The molecule has 0 saturated carbocycles. The number of nitrogens with zero attached hydrogens (tertiary/aromatic N) is 1. The van der Waals surface area contributed by atoms with E-state index in [9.17, 15) is 13.2 Å². The molecule has 9 heteroatoms. The van der Waals surface area contributed by atoms with Gasteiger partial charge in [0, 0.05) is 6.54 Å². The van der Waals surface area contributed by atoms with Gasteiger partial charge in [0.25, 0.3) is 0 Å². The van der Waals surface area contributed by atoms with Gasteiger partial charge in [-0.05, 0) is 29.8 Å². The number of sulfonamides is 1. The van der Waals surface area contributed by atoms with Crippen molar-refractivity contribution in [2.75, 3.05) is 5.75 Å². The molecule has 0 aliphatic carbocycles. The minimum absolute atomic E-state index is 0.0500. The number of hydrogen-bond acceptors (Lipinski definition) is 6. The van der Waals surface area contributed by atoms with Gasteiger partial charge in [0.1, 0.15) is 0 Å². The number of nitrogens with two attached hydrogens (primary N) is 1. The topological polar surface area (TPSA) is 102 Å². The molecule has 1 heterocycles. The molecule has 6 nitrogen and oxygen atoms in total. The van der Waals surface area contributed by atoms with Gasteiger partial charge >= 0.3 is 0 Å². The lowest BCUT2D eigenvalue weighted by Gasteiger charge is -2.05. The molecule has 3 rings (SSSR count). The maximum absolute atomic E-state index is 12.0. The number of para-hydroxylation sites is 1. The quantitative estimate of drug-likeness (QED) is 0.626. The monoisotopic (exact) mass is 393 g/mol. The molecular weight excluding hydrogens is 378 g/mol. The van der Waals surface area contributed by atoms with Gasteiger partial charge in [-0.2, -0.15) is 0 Å². The summed E-state index contributed by atoms with van der Waals surface area (Å²) in [6.07, 6.45) is 0. The summed E-state index contributed by atoms with van der Waals surface area (Å²) in [5, 5.41) is 7.84. The first-order valence-corrected chi connectivity index (χ1v) is 10.6. The lowest BCUT2D eigenvalue weighted by molar-refractivity contribution is -0.118. The van der Waals surface area contributed by atoms with Crippen molar-refractivity contribution in [3.63, 3.8) is 0 Å². The minimum atomic E-state index is -3.70. The number of carbonyl (C=O) groups is 1. The molecule has 1 amide bonds. The molecular formula is C16H15N3O3S3. The second kappa shape index (κ2) is 7.52. The highest BCUT2D eigenvalue weighted by molar-refractivity contribution is 8.01. The lowest BCUT2D eigenvalue weighted by Crippen LogP contribution is -2.24. The minimum Gasteiger partial charge on any atom is -0.351 e. The summed E-state index contributed by atoms with van der Waals surface area (Å²) in [5.74, 6) is 0.162. The molecule has 3 aromatic rings. The van der Waals surface area contributed by atoms with E-state index in [0.717, 1.165) is 20.1 Å². The van der Waals surface area contributed by atoms with Crippen molar-refractivity contribution in [1.29, 1.82) is 0 Å². The highest BCUT2D eigenvalue weighted by Crippen LogP contribution is 2.29. The summed E-state index contributed by atoms with van der Waals surface area (Å²) < 4.78 is 24.3. The standard InChI is InChI=1S/C16H15N3O3S3/c17-25(21,22)12-7-5-11(6-8-12)9-18-15(20)10-23-16-19-13-3-1-2-4-14(13)24-16/h1-8H,9-10H2,(H,18,20)(H2,17,21,22). The largest absolute Gasteiger partial charge is 0.351 e. The Kier molecular flexibility index (Phi) is 5.38. The third kappa shape index (κ3) is 4.79. The molecule has 0 unspecified atom stereocenters. The van der Waals surface area contributed by atoms with Crippen LogP contribution in [0.4, 0.5) is 0 Å². The van der Waals surface area contributed by atoms with Crippen LogP contribution in [0.3, 0.4) is 0 Å². The van der Waals surface area contributed by atoms with Gasteiger partial charge < -0.3 is 5.32 Å². The normalized spacial score (nSPS) is 11.6. The van der Waals surface area contributed by atoms with Crippen LogP contribution in [-0.2, 0) is 21.4 Å². The summed E-state index contributed by atoms with van der Waals surface area (Å²) in [6.45, 7) is 0.324. The van der Waals surface area contributed by atoms with Crippen LogP contribution in [0.25, 0.3) is 10.2 Å². The molecule has 0 atom stereocenters. The molecule has 130 valence electrons. The number of fused-ring (bicyclic) bond motifs is 1. The van der Waals surface area contributed by atoms with E-state index in [4.69, 9.17) is 5.14 Å². The van der Waals surface area contributed by atoms with E-state index in [1.807, 2.05) is 24.3 Å². The van der Waals surface area contributed by atoms with E-state index >= 15 is 0 Å². The average Bonchev–Trinajstić information content (AvgIpc) is 3.00. The molecule has 0 saturated heterocycles. The number of aromatic nitrogens is 1. The third-order valence-electron chi connectivity index (χ3n) is 3.34. The molecule has 25 heavy (non-hydrogen) atoms. The van der Waals surface area contributed by atoms with Crippen molar-refractivity contribution in [2.45, 2.75) is 15.8 Å². The first-order chi connectivity index (χ1) is 11.9. The third-order valence-corrected chi connectivity index (χ3v) is 6.45. The Balaban J connectivity index is 1.51. The first kappa shape index (κ1) is 17.9. The van der Waals surface area contributed by atoms with Crippen molar-refractivity contribution < 1.29 is 13.2 Å². The van der Waals surface area contributed by atoms with Gasteiger partial charge in [-0.25, -0.2) is 18.5 Å². The maximum atomic E-state index is 12.0. The molecule has 1 aromatic heterocycles. The highest BCUT2D eigenvalue weighted by Gasteiger charge is 2.09. The van der Waals surface area contributed by atoms with E-state index in [1.165, 1.54) is 23.9 Å². The van der Waals surface area contributed by atoms with Crippen LogP contribution in [0.1, 0.15) is 5.56 Å². The number of rotatable bonds is 6. The Bertz CT molecular complexity index is 965. The molecule has 2 aromatic carbocycles. The predicted molar refractivity (Wildman–Crippen MR) is 100 cm³/mol. The number of thiazole rings is 1. The molecule has 0 spiro atoms. The Hall–Kier alpha value is -1.94. The van der Waals surface area contributed by atoms with Crippen molar-refractivity contribution in [3.8, 4) is 0 Å². The second-order valence-corrected chi connectivity index (χ2v) is 9.02. The van der Waals surface area contributed by atoms with Crippen LogP contribution in [0.2, 0.25) is 0 Å². The SMILES string of the molecule is NS(=O)(=O)c1ccc(CNC(=O)CSc2nc3ccccc3s2)cc1. The number of benzene rings is 2. The van der Waals surface area contributed by atoms with Crippen LogP contribution >= 0.6 is 23.1 Å². The van der Waals surface area contributed by atoms with E-state index < -0.39 is 10.0 Å². The zero-order chi connectivity index (χ0) is 17.9. The van der Waals surface area contributed by atoms with Crippen LogP contribution in [0.15, 0.2) is 57.8 Å². The van der Waals surface area contributed by atoms with Crippen molar-refractivity contribution in [3.05, 3.63) is 54.1 Å². The average molecular weight is 394 g/mol. The van der Waals surface area contributed by atoms with Gasteiger partial charge in [-0.15, -0.1) is 11.3 Å². The predicted octanol–water partition coefficient (Wildman–Crippen LogP) is 2.35. The number of amides is 1. The summed E-state index contributed by atoms with van der Waals surface area (Å²) in [4.78, 5) is 16.5. The molecule has 3 N–H and O–H groups in total. The Morgan fingerprint density at radius 1 is 1.16 bits per heavy atom. The zero-order valence-electron chi connectivity index (χ0n) is 13.0. The van der Waals surface area contributed by atoms with Crippen molar-refractivity contribution in [2.24, 2.45) is 5.14 Å². The van der Waals surface area contributed by atoms with Gasteiger partial charge in [0.2, 0.25) is 15.9 Å². The number of carbonyl (C=O) groups excluding carboxylic acids is 1. The van der Waals surface area contributed by atoms with Gasteiger partial charge in [-0.3, -0.25) is 4.79 Å². The maximum Gasteiger partial charge on any atom is 0.238 e. The van der Waals surface area contributed by atoms with Crippen molar-refractivity contribution >= 4 is 49.2 Å². The Morgan fingerprint density at radius 2 is 1.88 bits per heavy atom. The first-order valence-electron chi connectivity index (χ1n) is 7.28. The van der Waals surface area contributed by atoms with E-state index in [2.05, 4.69) is 10.3 Å². The summed E-state index contributed by atoms with van der Waals surface area (Å²) >= 11 is 2.96. The molecule has 0 fully saturated rings. The highest BCUT2D eigenvalue weighted by atomic mass is 32.2. The van der Waals surface area contributed by atoms with Crippen LogP contribution in [-0.4, -0.2) is 25.1 Å². The summed E-state index contributed by atoms with van der Waals surface area (Å²) in [5.41, 5.74) is 1.73. The fraction of sp³-hybridized carbons (Fsp3) is 0.125. The number of nitrogens with one attached hydrogen (secondary N) is 1. The van der Waals surface area contributed by atoms with Crippen LogP contribution < -0.4 is 10.5 Å². The van der Waals surface area contributed by atoms with Gasteiger partial charge in [0.05, 0.1) is 20.9 Å². The number of hydrogen-bond donors (Lipinski definition) is 2. The van der Waals surface area contributed by atoms with E-state index in [0.29, 0.717) is 6.54 Å². The molecule has 0 aliphatic rings. The molecule has 0 bridgehead atoms. The fourth-order valence-corrected chi connectivity index (χ4v) is 4.50. The van der Waals surface area contributed by atoms with Crippen molar-refractivity contribution in [1.82, 2.24) is 10.3 Å².